The molecular formula is C62H77N11O13. The maximum atomic E-state index is 12.0. The molecule has 24 nitrogen and oxygen atoms in total. The lowest BCUT2D eigenvalue weighted by Crippen LogP contribution is -2.36. The highest BCUT2D eigenvalue weighted by molar-refractivity contribution is 5.98. The van der Waals surface area contributed by atoms with E-state index in [1.165, 1.54) is 27.4 Å². The fourth-order valence-corrected chi connectivity index (χ4v) is 9.15. The van der Waals surface area contributed by atoms with Crippen molar-refractivity contribution >= 4 is 69.9 Å². The van der Waals surface area contributed by atoms with Crippen LogP contribution in [0.4, 0.5) is 27.7 Å². The number of amides is 1. The van der Waals surface area contributed by atoms with Crippen LogP contribution in [-0.4, -0.2) is 165 Å². The summed E-state index contributed by atoms with van der Waals surface area (Å²) in [7, 11) is 7.90. The van der Waals surface area contributed by atoms with Gasteiger partial charge in [-0.15, -0.1) is 5.10 Å². The second-order valence-corrected chi connectivity index (χ2v) is 22.2. The van der Waals surface area contributed by atoms with Crippen LogP contribution >= 0.6 is 0 Å². The zero-order valence-electron chi connectivity index (χ0n) is 50.8. The van der Waals surface area contributed by atoms with Gasteiger partial charge in [-0.3, -0.25) is 10.1 Å². The molecule has 0 atom stereocenters. The summed E-state index contributed by atoms with van der Waals surface area (Å²) < 4.78 is 23.0. The van der Waals surface area contributed by atoms with Gasteiger partial charge in [-0.2, -0.15) is 5.10 Å². The number of rotatable bonds is 9. The Balaban J connectivity index is 0.000000197. The van der Waals surface area contributed by atoms with Crippen LogP contribution in [0.2, 0.25) is 0 Å². The quantitative estimate of drug-likeness (QED) is 0.0612. The maximum Gasteiger partial charge on any atom is 0.413 e. The number of nitrogens with zero attached hydrogens (tertiary/aromatic N) is 10. The molecule has 1 fully saturated rings. The van der Waals surface area contributed by atoms with Gasteiger partial charge in [0, 0.05) is 144 Å². The molecule has 0 saturated carbocycles. The largest absolute Gasteiger partial charge is 0.476 e. The van der Waals surface area contributed by atoms with E-state index in [-0.39, 0.29) is 36.0 Å². The number of anilines is 4. The Morgan fingerprint density at radius 2 is 1.05 bits per heavy atom. The number of aliphatic hydroxyl groups is 2. The van der Waals surface area contributed by atoms with Crippen LogP contribution in [0.25, 0.3) is 11.3 Å². The van der Waals surface area contributed by atoms with Crippen molar-refractivity contribution in [2.45, 2.75) is 92.0 Å². The second-order valence-electron chi connectivity index (χ2n) is 22.2. The summed E-state index contributed by atoms with van der Waals surface area (Å²) in [5.74, 6) is -1.57. The molecule has 458 valence electrons. The first-order valence-electron chi connectivity index (χ1n) is 27.7. The summed E-state index contributed by atoms with van der Waals surface area (Å²) in [6.45, 7) is 16.5. The molecule has 3 aliphatic heterocycles. The second kappa shape index (κ2) is 29.4. The average molecular weight is 1180 g/mol. The number of ketones is 1. The van der Waals surface area contributed by atoms with Crippen LogP contribution in [0.3, 0.4) is 0 Å². The third-order valence-corrected chi connectivity index (χ3v) is 12.8. The monoisotopic (exact) mass is 1180 g/mol. The predicted octanol–water partition coefficient (Wildman–Crippen LogP) is 7.68. The molecule has 1 amide bonds. The smallest absolute Gasteiger partial charge is 0.413 e. The van der Waals surface area contributed by atoms with E-state index in [0.29, 0.717) is 72.8 Å². The minimum absolute atomic E-state index is 0.0147. The van der Waals surface area contributed by atoms with Crippen molar-refractivity contribution in [3.8, 4) is 0 Å². The summed E-state index contributed by atoms with van der Waals surface area (Å²) in [6, 6.07) is 25.2. The van der Waals surface area contributed by atoms with Crippen molar-refractivity contribution in [1.29, 1.82) is 0 Å². The minimum Gasteiger partial charge on any atom is -0.476 e. The number of benzene rings is 3. The third-order valence-electron chi connectivity index (χ3n) is 12.8. The number of hydrogen-bond donors (Lipinski definition) is 4. The molecule has 0 aliphatic carbocycles. The number of methoxy groups -OCH3 is 3. The number of esters is 3. The molecule has 3 aliphatic rings. The van der Waals surface area contributed by atoms with Gasteiger partial charge in [0.15, 0.2) is 28.6 Å². The van der Waals surface area contributed by atoms with Crippen LogP contribution in [0, 0.1) is 0 Å². The normalized spacial score (nSPS) is 14.0. The number of hydrogen-bond acceptors (Lipinski definition) is 20. The van der Waals surface area contributed by atoms with Gasteiger partial charge in [-0.1, -0.05) is 18.2 Å². The molecule has 0 spiro atoms. The lowest BCUT2D eigenvalue weighted by Gasteiger charge is -2.30. The van der Waals surface area contributed by atoms with Crippen molar-refractivity contribution in [2.24, 2.45) is 0 Å². The van der Waals surface area contributed by atoms with E-state index >= 15 is 0 Å². The van der Waals surface area contributed by atoms with E-state index in [1.807, 2.05) is 73.9 Å². The molecule has 0 unspecified atom stereocenters. The highest BCUT2D eigenvalue weighted by atomic mass is 16.6. The Labute approximate surface area is 499 Å². The number of carbonyl (C=O) groups is 6. The van der Waals surface area contributed by atoms with Crippen LogP contribution in [0.1, 0.15) is 119 Å². The summed E-state index contributed by atoms with van der Waals surface area (Å²) in [4.78, 5) is 87.4. The van der Waals surface area contributed by atoms with Gasteiger partial charge in [0.25, 0.3) is 0 Å². The number of fused-ring (bicyclic) bond motifs is 6. The van der Waals surface area contributed by atoms with E-state index in [0.717, 1.165) is 64.7 Å². The Morgan fingerprint density at radius 3 is 1.45 bits per heavy atom. The molecule has 1 saturated heterocycles. The fraction of sp³-hybridized carbons (Fsp3) is 0.387. The van der Waals surface area contributed by atoms with Crippen molar-refractivity contribution in [3.05, 3.63) is 154 Å². The molecule has 3 aromatic carbocycles. The number of aliphatic hydroxyl groups excluding tert-OH is 1. The number of ether oxygens (including phenoxy) is 4. The molecule has 7 aromatic rings. The molecule has 10 rings (SSSR count). The SMILES string of the molecule is CC(C)(C)O.CCO.COC(=O)c1cccc(N2CCC(=O)/C(=C/N(C)C)C2)c1.COC(=O)c1cccc(N2CCc3c(cnc4cc(C(=O)O)nn34)C2)c1.COC(=O)c1cccc(N2CCc3c(cnc4cc(NC(=O)OC(C)(C)C)nn34)C2)c1. The molecule has 86 heavy (non-hydrogen) atoms. The Morgan fingerprint density at radius 1 is 0.640 bits per heavy atom. The average Bonchev–Trinajstić information content (AvgIpc) is 2.67. The lowest BCUT2D eigenvalue weighted by molar-refractivity contribution is -0.116. The number of piperidine rings is 1. The number of aromatic nitrogens is 6. The molecule has 0 bridgehead atoms. The fourth-order valence-electron chi connectivity index (χ4n) is 9.15. The van der Waals surface area contributed by atoms with Crippen molar-refractivity contribution < 1.29 is 63.0 Å². The number of nitrogens with one attached hydrogen (secondary N) is 1. The maximum absolute atomic E-state index is 12.0. The first kappa shape index (κ1) is 65.7. The van der Waals surface area contributed by atoms with Crippen LogP contribution < -0.4 is 20.0 Å². The van der Waals surface area contributed by atoms with E-state index in [4.69, 9.17) is 34.3 Å². The van der Waals surface area contributed by atoms with Crippen LogP contribution in [0.15, 0.2) is 109 Å². The van der Waals surface area contributed by atoms with Crippen molar-refractivity contribution in [2.75, 3.05) is 88.2 Å². The highest BCUT2D eigenvalue weighted by Crippen LogP contribution is 2.29. The Hall–Kier alpha value is -9.42. The third kappa shape index (κ3) is 18.3. The van der Waals surface area contributed by atoms with Gasteiger partial charge in [0.05, 0.1) is 55.0 Å². The van der Waals surface area contributed by atoms with E-state index in [1.54, 1.807) is 100 Å². The number of carboxylic acid groups (broad SMARTS) is 1. The van der Waals surface area contributed by atoms with E-state index < -0.39 is 23.3 Å². The Kier molecular flexibility index (Phi) is 22.5. The zero-order chi connectivity index (χ0) is 63.0. The zero-order valence-corrected chi connectivity index (χ0v) is 50.8. The topological polar surface area (TPSA) is 285 Å². The number of aromatic carboxylic acids is 1. The summed E-state index contributed by atoms with van der Waals surface area (Å²) in [5, 5.41) is 36.5. The highest BCUT2D eigenvalue weighted by Gasteiger charge is 2.26. The molecule has 4 aromatic heterocycles. The van der Waals surface area contributed by atoms with Gasteiger partial charge in [-0.25, -0.2) is 43.0 Å². The standard InChI is InChI=1S/C22H25N5O4.C18H16N4O4.C16H20N2O3.C4H10O.C2H6O/c1-22(2,3)31-21(29)24-18-11-19-23-12-15-13-26(9-8-17(15)27(19)25-18)16-7-5-6-14(10-16)20(28)30-4;1-26-18(25)11-3-2-4-13(7-11)21-6-5-15-12(10-21)9-19-16-8-14(17(23)24)20-22(15)16;1-17(2)10-13-11-18(8-7-15(13)19)14-6-4-5-12(9-14)16(20)21-3;1-4(2,3)5;1-2-3/h5-7,10-12H,8-9,13H2,1-4H3,(H,24,25,29);2-4,7-9H,5-6,10H2,1H3,(H,23,24);4-6,9-10H,7-8,11H2,1-3H3;5H,1-3H3;3H,2H2,1H3/b;;13-10+;;. The molecule has 0 radical (unpaired) electrons. The van der Waals surface area contributed by atoms with Gasteiger partial charge in [0.1, 0.15) is 5.60 Å². The minimum atomic E-state index is -1.07. The van der Waals surface area contributed by atoms with Gasteiger partial charge in [-0.05, 0) is 103 Å². The van der Waals surface area contributed by atoms with Gasteiger partial charge >= 0.3 is 30.0 Å². The molecule has 7 heterocycles. The lowest BCUT2D eigenvalue weighted by atomic mass is 10.0. The number of Topliss-reactive ketones (excluding diaryl/α,β-unsaturated/α-hetero) is 1. The first-order valence-corrected chi connectivity index (χ1v) is 27.7. The molecule has 24 heteroatoms. The van der Waals surface area contributed by atoms with Crippen LogP contribution in [-0.2, 0) is 49.7 Å². The number of carbonyl (C=O) groups excluding carboxylic acids is 5. The molecule has 4 N–H and O–H groups in total. The van der Waals surface area contributed by atoms with Crippen molar-refractivity contribution in [1.82, 2.24) is 34.1 Å². The molecular weight excluding hydrogens is 1110 g/mol. The van der Waals surface area contributed by atoms with E-state index in [9.17, 15) is 28.8 Å². The van der Waals surface area contributed by atoms with Gasteiger partial charge < -0.3 is 53.9 Å². The predicted molar refractivity (Wildman–Crippen MR) is 324 cm³/mol. The van der Waals surface area contributed by atoms with Crippen molar-refractivity contribution in [3.63, 3.8) is 0 Å². The summed E-state index contributed by atoms with van der Waals surface area (Å²) >= 11 is 0. The summed E-state index contributed by atoms with van der Waals surface area (Å²) in [6.07, 6.45) is 6.82. The number of carboxylic acids is 1. The Bertz CT molecular complexity index is 3570. The van der Waals surface area contributed by atoms with Crippen LogP contribution in [0.5, 0.6) is 0 Å². The summed E-state index contributed by atoms with van der Waals surface area (Å²) in [5.41, 5.74) is 9.22. The first-order chi connectivity index (χ1) is 40.7. The van der Waals surface area contributed by atoms with Gasteiger partial charge in [0.2, 0.25) is 0 Å². The van der Waals surface area contributed by atoms with E-state index in [2.05, 4.69) is 40.2 Å².